The molecular formula is C21H33NO6. The molecule has 6 atom stereocenters. The fourth-order valence-electron chi connectivity index (χ4n) is 4.26. The van der Waals surface area contributed by atoms with E-state index in [1.54, 1.807) is 33.8 Å². The highest BCUT2D eigenvalue weighted by molar-refractivity contribution is 5.87. The first-order valence-corrected chi connectivity index (χ1v) is 10.1. The van der Waals surface area contributed by atoms with Crippen LogP contribution in [-0.4, -0.2) is 47.3 Å². The number of hydrogen-bond donors (Lipinski definition) is 2. The Bertz CT molecular complexity index is 611. The van der Waals surface area contributed by atoms with Crippen molar-refractivity contribution in [2.45, 2.75) is 71.1 Å². The number of aliphatic hydroxyl groups excluding tert-OH is 1. The van der Waals surface area contributed by atoms with Crippen LogP contribution in [0.4, 0.5) is 0 Å². The number of esters is 2. The van der Waals surface area contributed by atoms with Gasteiger partial charge in [0.15, 0.2) is 0 Å². The number of allylic oxidation sites excluding steroid dienone is 1. The molecule has 0 spiro atoms. The van der Waals surface area contributed by atoms with E-state index in [4.69, 9.17) is 9.47 Å². The van der Waals surface area contributed by atoms with Gasteiger partial charge in [-0.15, -0.1) is 6.58 Å². The number of ether oxygens (including phenoxy) is 2. The third-order valence-electron chi connectivity index (χ3n) is 5.48. The molecule has 28 heavy (non-hydrogen) atoms. The molecule has 1 amide bonds. The molecule has 2 N–H and O–H groups in total. The lowest BCUT2D eigenvalue weighted by Crippen LogP contribution is -2.46. The highest BCUT2D eigenvalue weighted by atomic mass is 16.6. The summed E-state index contributed by atoms with van der Waals surface area (Å²) in [6, 6.07) is -0.369. The summed E-state index contributed by atoms with van der Waals surface area (Å²) in [7, 11) is 0. The SMILES string of the molecule is C=C[C@@H]1CCC(NC(=O)[C@@H]2C[C@H](O)C[C@H]2C(=O)OC(C)(C)C)C1C(=O)OCC. The number of nitrogens with one attached hydrogen (secondary N) is 1. The number of amides is 1. The molecule has 0 aliphatic heterocycles. The lowest BCUT2D eigenvalue weighted by Gasteiger charge is -2.27. The van der Waals surface area contributed by atoms with Crippen LogP contribution in [0.15, 0.2) is 12.7 Å². The second-order valence-corrected chi connectivity index (χ2v) is 8.74. The second kappa shape index (κ2) is 9.07. The van der Waals surface area contributed by atoms with Gasteiger partial charge in [0, 0.05) is 6.04 Å². The van der Waals surface area contributed by atoms with Crippen molar-refractivity contribution < 1.29 is 29.0 Å². The van der Waals surface area contributed by atoms with E-state index in [0.29, 0.717) is 6.42 Å². The molecule has 7 heteroatoms. The lowest BCUT2D eigenvalue weighted by molar-refractivity contribution is -0.163. The van der Waals surface area contributed by atoms with Gasteiger partial charge < -0.3 is 19.9 Å². The Labute approximate surface area is 166 Å². The zero-order valence-corrected chi connectivity index (χ0v) is 17.3. The predicted molar refractivity (Wildman–Crippen MR) is 103 cm³/mol. The second-order valence-electron chi connectivity index (χ2n) is 8.74. The van der Waals surface area contributed by atoms with Crippen LogP contribution in [0.2, 0.25) is 0 Å². The Balaban J connectivity index is 2.09. The summed E-state index contributed by atoms with van der Waals surface area (Å²) in [6.45, 7) is 11.1. The highest BCUT2D eigenvalue weighted by Gasteiger charge is 2.47. The maximum Gasteiger partial charge on any atom is 0.311 e. The normalized spacial score (nSPS) is 32.6. The Kier molecular flexibility index (Phi) is 7.26. The largest absolute Gasteiger partial charge is 0.466 e. The first-order valence-electron chi connectivity index (χ1n) is 10.1. The maximum absolute atomic E-state index is 12.9. The van der Waals surface area contributed by atoms with E-state index in [1.807, 2.05) is 0 Å². The molecule has 7 nitrogen and oxygen atoms in total. The standard InChI is InChI=1S/C21H33NO6/c1-6-12-8-9-16(17(12)20(26)27-7-2)22-18(24)14-10-13(23)11-15(14)19(25)28-21(3,4)5/h6,12-17,23H,1,7-11H2,2-5H3,(H,22,24)/t12-,13+,14-,15-,16?,17?/m1/s1. The summed E-state index contributed by atoms with van der Waals surface area (Å²) < 4.78 is 10.6. The minimum absolute atomic E-state index is 0.0554. The monoisotopic (exact) mass is 395 g/mol. The molecule has 0 aromatic rings. The van der Waals surface area contributed by atoms with Crippen LogP contribution in [0, 0.1) is 23.7 Å². The van der Waals surface area contributed by atoms with Crippen molar-refractivity contribution in [3.05, 3.63) is 12.7 Å². The van der Waals surface area contributed by atoms with E-state index in [0.717, 1.165) is 6.42 Å². The lowest BCUT2D eigenvalue weighted by atomic mass is 9.91. The average molecular weight is 395 g/mol. The third kappa shape index (κ3) is 5.34. The van der Waals surface area contributed by atoms with Gasteiger partial charge in [-0.05, 0) is 59.3 Å². The Morgan fingerprint density at radius 3 is 2.36 bits per heavy atom. The summed E-state index contributed by atoms with van der Waals surface area (Å²) in [5.74, 6) is -3.03. The van der Waals surface area contributed by atoms with Gasteiger partial charge in [0.05, 0.1) is 30.5 Å². The summed E-state index contributed by atoms with van der Waals surface area (Å²) in [5, 5.41) is 13.0. The Morgan fingerprint density at radius 2 is 1.79 bits per heavy atom. The van der Waals surface area contributed by atoms with E-state index in [2.05, 4.69) is 11.9 Å². The van der Waals surface area contributed by atoms with Crippen molar-refractivity contribution in [1.82, 2.24) is 5.32 Å². The molecule has 0 aromatic carbocycles. The number of carbonyl (C=O) groups excluding carboxylic acids is 3. The van der Waals surface area contributed by atoms with Crippen LogP contribution >= 0.6 is 0 Å². The van der Waals surface area contributed by atoms with E-state index >= 15 is 0 Å². The van der Waals surface area contributed by atoms with Crippen molar-refractivity contribution in [2.24, 2.45) is 23.7 Å². The molecule has 0 aromatic heterocycles. The van der Waals surface area contributed by atoms with Gasteiger partial charge in [-0.25, -0.2) is 0 Å². The van der Waals surface area contributed by atoms with Crippen LogP contribution in [0.3, 0.4) is 0 Å². The molecule has 0 heterocycles. The fraction of sp³-hybridized carbons (Fsp3) is 0.762. The highest BCUT2D eigenvalue weighted by Crippen LogP contribution is 2.37. The quantitative estimate of drug-likeness (QED) is 0.527. The van der Waals surface area contributed by atoms with Gasteiger partial charge in [0.25, 0.3) is 0 Å². The Morgan fingerprint density at radius 1 is 1.14 bits per heavy atom. The zero-order valence-electron chi connectivity index (χ0n) is 17.3. The van der Waals surface area contributed by atoms with E-state index in [9.17, 15) is 19.5 Å². The zero-order chi connectivity index (χ0) is 21.1. The molecule has 2 rings (SSSR count). The van der Waals surface area contributed by atoms with Crippen LogP contribution < -0.4 is 5.32 Å². The summed E-state index contributed by atoms with van der Waals surface area (Å²) in [4.78, 5) is 37.8. The maximum atomic E-state index is 12.9. The number of carbonyl (C=O) groups is 3. The number of hydrogen-bond acceptors (Lipinski definition) is 6. The topological polar surface area (TPSA) is 102 Å². The molecule has 2 fully saturated rings. The molecule has 158 valence electrons. The molecule has 2 aliphatic rings. The third-order valence-corrected chi connectivity index (χ3v) is 5.48. The summed E-state index contributed by atoms with van der Waals surface area (Å²) >= 11 is 0. The molecule has 0 saturated heterocycles. The number of rotatable bonds is 6. The molecular weight excluding hydrogens is 362 g/mol. The van der Waals surface area contributed by atoms with E-state index < -0.39 is 35.4 Å². The van der Waals surface area contributed by atoms with Crippen LogP contribution in [0.1, 0.15) is 53.4 Å². The van der Waals surface area contributed by atoms with Crippen molar-refractivity contribution in [3.8, 4) is 0 Å². The molecule has 2 unspecified atom stereocenters. The molecule has 0 bridgehead atoms. The van der Waals surface area contributed by atoms with Crippen molar-refractivity contribution >= 4 is 17.8 Å². The van der Waals surface area contributed by atoms with Gasteiger partial charge >= 0.3 is 11.9 Å². The minimum Gasteiger partial charge on any atom is -0.466 e. The van der Waals surface area contributed by atoms with Crippen LogP contribution in [0.25, 0.3) is 0 Å². The van der Waals surface area contributed by atoms with Crippen LogP contribution in [-0.2, 0) is 23.9 Å². The first-order chi connectivity index (χ1) is 13.1. The number of aliphatic hydroxyl groups is 1. The molecule has 2 saturated carbocycles. The molecule has 0 radical (unpaired) electrons. The van der Waals surface area contributed by atoms with Crippen molar-refractivity contribution in [3.63, 3.8) is 0 Å². The van der Waals surface area contributed by atoms with Crippen LogP contribution in [0.5, 0.6) is 0 Å². The van der Waals surface area contributed by atoms with Gasteiger partial charge in [-0.2, -0.15) is 0 Å². The summed E-state index contributed by atoms with van der Waals surface area (Å²) in [6.07, 6.45) is 2.79. The predicted octanol–water partition coefficient (Wildman–Crippen LogP) is 1.98. The first kappa shape index (κ1) is 22.4. The smallest absolute Gasteiger partial charge is 0.311 e. The fourth-order valence-corrected chi connectivity index (χ4v) is 4.26. The van der Waals surface area contributed by atoms with Gasteiger partial charge in [0.2, 0.25) is 5.91 Å². The van der Waals surface area contributed by atoms with Crippen molar-refractivity contribution in [1.29, 1.82) is 0 Å². The molecule has 2 aliphatic carbocycles. The van der Waals surface area contributed by atoms with Gasteiger partial charge in [-0.3, -0.25) is 14.4 Å². The van der Waals surface area contributed by atoms with Crippen molar-refractivity contribution in [2.75, 3.05) is 6.61 Å². The van der Waals surface area contributed by atoms with Gasteiger partial charge in [0.1, 0.15) is 5.60 Å². The van der Waals surface area contributed by atoms with E-state index in [1.165, 1.54) is 0 Å². The van der Waals surface area contributed by atoms with Gasteiger partial charge in [-0.1, -0.05) is 6.08 Å². The average Bonchev–Trinajstić information content (AvgIpc) is 3.16. The van der Waals surface area contributed by atoms with E-state index in [-0.39, 0.29) is 43.3 Å². The minimum atomic E-state index is -0.723. The Hall–Kier alpha value is -1.89. The summed E-state index contributed by atoms with van der Waals surface area (Å²) in [5.41, 5.74) is -0.663.